The molecule has 5 nitrogen and oxygen atoms in total. The molecule has 130 valence electrons. The summed E-state index contributed by atoms with van der Waals surface area (Å²) in [7, 11) is 0. The van der Waals surface area contributed by atoms with Gasteiger partial charge in [-0.25, -0.2) is 4.98 Å². The van der Waals surface area contributed by atoms with E-state index in [-0.39, 0.29) is 5.91 Å². The predicted molar refractivity (Wildman–Crippen MR) is 102 cm³/mol. The van der Waals surface area contributed by atoms with Gasteiger partial charge >= 0.3 is 0 Å². The van der Waals surface area contributed by atoms with E-state index in [4.69, 9.17) is 4.74 Å². The Hall–Kier alpha value is -2.47. The maximum absolute atomic E-state index is 12.1. The monoisotopic (exact) mass is 355 g/mol. The van der Waals surface area contributed by atoms with Crippen LogP contribution >= 0.6 is 11.8 Å². The number of hydrogen-bond acceptors (Lipinski definition) is 4. The molecule has 0 unspecified atom stereocenters. The lowest BCUT2D eigenvalue weighted by Crippen LogP contribution is -2.14. The van der Waals surface area contributed by atoms with E-state index in [2.05, 4.69) is 28.3 Å². The third kappa shape index (κ3) is 4.54. The Bertz CT molecular complexity index is 876. The number of aromatic amines is 1. The Morgan fingerprint density at radius 1 is 1.24 bits per heavy atom. The third-order valence-electron chi connectivity index (χ3n) is 3.70. The molecule has 0 aliphatic heterocycles. The second-order valence-electron chi connectivity index (χ2n) is 5.54. The van der Waals surface area contributed by atoms with E-state index in [0.717, 1.165) is 34.0 Å². The summed E-state index contributed by atoms with van der Waals surface area (Å²) in [5, 5.41) is 3.65. The van der Waals surface area contributed by atoms with Crippen molar-refractivity contribution in [1.82, 2.24) is 9.97 Å². The topological polar surface area (TPSA) is 67.0 Å². The Morgan fingerprint density at radius 3 is 2.92 bits per heavy atom. The van der Waals surface area contributed by atoms with Gasteiger partial charge in [-0.3, -0.25) is 4.79 Å². The van der Waals surface area contributed by atoms with Gasteiger partial charge in [-0.15, -0.1) is 0 Å². The van der Waals surface area contributed by atoms with Gasteiger partial charge in [0.15, 0.2) is 5.16 Å². The second-order valence-corrected chi connectivity index (χ2v) is 6.51. The molecule has 6 heteroatoms. The first-order chi connectivity index (χ1) is 12.2. The van der Waals surface area contributed by atoms with Gasteiger partial charge in [-0.2, -0.15) is 0 Å². The minimum Gasteiger partial charge on any atom is -0.494 e. The molecular formula is C19H21N3O2S. The van der Waals surface area contributed by atoms with Gasteiger partial charge in [0.05, 0.1) is 23.4 Å². The van der Waals surface area contributed by atoms with Gasteiger partial charge in [0.25, 0.3) is 0 Å². The highest BCUT2D eigenvalue weighted by atomic mass is 32.2. The van der Waals surface area contributed by atoms with Crippen LogP contribution in [0.25, 0.3) is 11.0 Å². The van der Waals surface area contributed by atoms with Crippen LogP contribution in [-0.2, 0) is 11.2 Å². The standard InChI is InChI=1S/C19H21N3O2S/c1-3-13-6-5-7-14(10-13)20-18(23)12-25-19-21-16-9-8-15(24-4-2)11-17(16)22-19/h5-11H,3-4,12H2,1-2H3,(H,20,23)(H,21,22). The van der Waals surface area contributed by atoms with Crippen LogP contribution in [0.15, 0.2) is 47.6 Å². The van der Waals surface area contributed by atoms with Crippen LogP contribution in [0.3, 0.4) is 0 Å². The van der Waals surface area contributed by atoms with Crippen molar-refractivity contribution in [2.24, 2.45) is 0 Å². The molecule has 0 aliphatic carbocycles. The number of aromatic nitrogens is 2. The van der Waals surface area contributed by atoms with E-state index >= 15 is 0 Å². The fourth-order valence-electron chi connectivity index (χ4n) is 2.49. The summed E-state index contributed by atoms with van der Waals surface area (Å²) in [6.07, 6.45) is 0.946. The van der Waals surface area contributed by atoms with E-state index < -0.39 is 0 Å². The summed E-state index contributed by atoms with van der Waals surface area (Å²) in [5.74, 6) is 1.06. The lowest BCUT2D eigenvalue weighted by atomic mass is 10.1. The molecular weight excluding hydrogens is 334 g/mol. The largest absolute Gasteiger partial charge is 0.494 e. The SMILES string of the molecule is CCOc1ccc2nc(SCC(=O)Nc3cccc(CC)c3)[nH]c2c1. The summed E-state index contributed by atoms with van der Waals surface area (Å²) in [5.41, 5.74) is 3.80. The highest BCUT2D eigenvalue weighted by molar-refractivity contribution is 7.99. The van der Waals surface area contributed by atoms with Gasteiger partial charge in [-0.05, 0) is 43.2 Å². The highest BCUT2D eigenvalue weighted by Gasteiger charge is 2.08. The van der Waals surface area contributed by atoms with Gasteiger partial charge in [0, 0.05) is 11.8 Å². The second kappa shape index (κ2) is 8.07. The molecule has 0 saturated heterocycles. The number of ether oxygens (including phenoxy) is 1. The normalized spacial score (nSPS) is 10.8. The maximum Gasteiger partial charge on any atom is 0.234 e. The van der Waals surface area contributed by atoms with Gasteiger partial charge in [-0.1, -0.05) is 30.8 Å². The van der Waals surface area contributed by atoms with Crippen LogP contribution in [0, 0.1) is 0 Å². The smallest absolute Gasteiger partial charge is 0.234 e. The summed E-state index contributed by atoms with van der Waals surface area (Å²) in [6, 6.07) is 13.6. The zero-order valence-electron chi connectivity index (χ0n) is 14.3. The Morgan fingerprint density at radius 2 is 2.12 bits per heavy atom. The van der Waals surface area contributed by atoms with Crippen molar-refractivity contribution in [1.29, 1.82) is 0 Å². The molecule has 1 heterocycles. The summed E-state index contributed by atoms with van der Waals surface area (Å²) in [4.78, 5) is 19.9. The Balaban J connectivity index is 1.60. The molecule has 2 aromatic carbocycles. The van der Waals surface area contributed by atoms with Crippen molar-refractivity contribution < 1.29 is 9.53 Å². The Labute approximate surface area is 151 Å². The highest BCUT2D eigenvalue weighted by Crippen LogP contribution is 2.23. The molecule has 0 spiro atoms. The summed E-state index contributed by atoms with van der Waals surface area (Å²) < 4.78 is 5.49. The number of nitrogens with one attached hydrogen (secondary N) is 2. The molecule has 0 atom stereocenters. The predicted octanol–water partition coefficient (Wildman–Crippen LogP) is 4.25. The molecule has 2 N–H and O–H groups in total. The van der Waals surface area contributed by atoms with Crippen LogP contribution in [0.4, 0.5) is 5.69 Å². The van der Waals surface area contributed by atoms with E-state index in [9.17, 15) is 4.79 Å². The molecule has 0 saturated carbocycles. The van der Waals surface area contributed by atoms with Crippen molar-refractivity contribution in [2.75, 3.05) is 17.7 Å². The number of H-pyrrole nitrogens is 1. The fraction of sp³-hybridized carbons (Fsp3) is 0.263. The maximum atomic E-state index is 12.1. The molecule has 0 aliphatic rings. The fourth-order valence-corrected chi connectivity index (χ4v) is 3.18. The molecule has 1 amide bonds. The first-order valence-corrected chi connectivity index (χ1v) is 9.30. The lowest BCUT2D eigenvalue weighted by Gasteiger charge is -2.05. The zero-order valence-corrected chi connectivity index (χ0v) is 15.2. The van der Waals surface area contributed by atoms with E-state index in [1.165, 1.54) is 17.3 Å². The zero-order chi connectivity index (χ0) is 17.6. The quantitative estimate of drug-likeness (QED) is 0.622. The molecule has 0 bridgehead atoms. The van der Waals surface area contributed by atoms with Gasteiger partial charge in [0.1, 0.15) is 5.75 Å². The number of thioether (sulfide) groups is 1. The Kier molecular flexibility index (Phi) is 5.60. The van der Waals surface area contributed by atoms with Crippen molar-refractivity contribution in [3.63, 3.8) is 0 Å². The average molecular weight is 355 g/mol. The minimum atomic E-state index is -0.0475. The number of hydrogen-bond donors (Lipinski definition) is 2. The third-order valence-corrected chi connectivity index (χ3v) is 4.57. The number of rotatable bonds is 7. The number of fused-ring (bicyclic) bond motifs is 1. The van der Waals surface area contributed by atoms with Gasteiger partial charge in [0.2, 0.25) is 5.91 Å². The first-order valence-electron chi connectivity index (χ1n) is 8.32. The van der Waals surface area contributed by atoms with Crippen molar-refractivity contribution in [2.45, 2.75) is 25.4 Å². The van der Waals surface area contributed by atoms with Crippen LogP contribution in [0.5, 0.6) is 5.75 Å². The average Bonchev–Trinajstić information content (AvgIpc) is 3.02. The van der Waals surface area contributed by atoms with Gasteiger partial charge < -0.3 is 15.0 Å². The molecule has 1 aromatic heterocycles. The lowest BCUT2D eigenvalue weighted by molar-refractivity contribution is -0.113. The number of imidazole rings is 1. The van der Waals surface area contributed by atoms with Crippen molar-refractivity contribution >= 4 is 34.4 Å². The molecule has 3 rings (SSSR count). The number of benzene rings is 2. The first kappa shape index (κ1) is 17.4. The van der Waals surface area contributed by atoms with Crippen LogP contribution in [0.1, 0.15) is 19.4 Å². The molecule has 0 fully saturated rings. The molecule has 25 heavy (non-hydrogen) atoms. The number of carbonyl (C=O) groups is 1. The number of aryl methyl sites for hydroxylation is 1. The summed E-state index contributed by atoms with van der Waals surface area (Å²) in [6.45, 7) is 4.67. The molecule has 3 aromatic rings. The summed E-state index contributed by atoms with van der Waals surface area (Å²) >= 11 is 1.38. The number of carbonyl (C=O) groups excluding carboxylic acids is 1. The van der Waals surface area contributed by atoms with Crippen LogP contribution in [-0.4, -0.2) is 28.2 Å². The van der Waals surface area contributed by atoms with Crippen molar-refractivity contribution in [3.8, 4) is 5.75 Å². The van der Waals surface area contributed by atoms with E-state index in [0.29, 0.717) is 12.4 Å². The molecule has 0 radical (unpaired) electrons. The van der Waals surface area contributed by atoms with E-state index in [1.807, 2.05) is 43.3 Å². The van der Waals surface area contributed by atoms with Crippen molar-refractivity contribution in [3.05, 3.63) is 48.0 Å². The minimum absolute atomic E-state index is 0.0475. The van der Waals surface area contributed by atoms with Crippen LogP contribution < -0.4 is 10.1 Å². The van der Waals surface area contributed by atoms with Crippen LogP contribution in [0.2, 0.25) is 0 Å². The number of amides is 1. The number of nitrogens with zero attached hydrogens (tertiary/aromatic N) is 1. The number of anilines is 1. The van der Waals surface area contributed by atoms with E-state index in [1.54, 1.807) is 0 Å².